The van der Waals surface area contributed by atoms with E-state index in [2.05, 4.69) is 62.5 Å². The molecule has 0 aromatic carbocycles. The average molecular weight is 838 g/mol. The number of nitrogens with two attached hydrogens (primary N) is 1. The number of carbonyl (C=O) groups is 2. The Morgan fingerprint density at radius 3 is 2.09 bits per heavy atom. The van der Waals surface area contributed by atoms with Crippen LogP contribution in [0.1, 0.15) is 136 Å². The van der Waals surface area contributed by atoms with Crippen molar-refractivity contribution in [3.8, 4) is 0 Å². The van der Waals surface area contributed by atoms with Gasteiger partial charge in [-0.3, -0.25) is 18.6 Å². The SMILES string of the molecule is CC/C=C\C/C=C\C/C=C\C/C=C\CCCCCCC(=O)OC[C@H](COP(=O)(O)OCCN)OC(=O)CCC/C=C/C[C@@H]1[C@@H](/C=C/[C@@H](O)CCCCC)[C@H](O)C[C@@H]1O. The maximum Gasteiger partial charge on any atom is 0.472 e. The van der Waals surface area contributed by atoms with Crippen LogP contribution in [0.4, 0.5) is 0 Å². The lowest BCUT2D eigenvalue weighted by Crippen LogP contribution is -2.29. The highest BCUT2D eigenvalue weighted by molar-refractivity contribution is 7.47. The van der Waals surface area contributed by atoms with Crippen molar-refractivity contribution in [3.05, 3.63) is 72.9 Å². The number of phosphoric acid groups is 1. The zero-order chi connectivity index (χ0) is 42.7. The topological polar surface area (TPSA) is 195 Å². The Morgan fingerprint density at radius 2 is 1.40 bits per heavy atom. The minimum Gasteiger partial charge on any atom is -0.462 e. The molecule has 0 aromatic heterocycles. The van der Waals surface area contributed by atoms with E-state index in [0.29, 0.717) is 32.1 Å². The van der Waals surface area contributed by atoms with E-state index >= 15 is 0 Å². The lowest BCUT2D eigenvalue weighted by Gasteiger charge is -2.20. The van der Waals surface area contributed by atoms with Gasteiger partial charge in [-0.05, 0) is 76.5 Å². The molecule has 58 heavy (non-hydrogen) atoms. The van der Waals surface area contributed by atoms with E-state index in [0.717, 1.165) is 70.6 Å². The molecule has 0 saturated heterocycles. The zero-order valence-corrected chi connectivity index (χ0v) is 36.2. The van der Waals surface area contributed by atoms with Crippen LogP contribution in [-0.4, -0.2) is 82.9 Å². The zero-order valence-electron chi connectivity index (χ0n) is 35.3. The molecule has 0 heterocycles. The van der Waals surface area contributed by atoms with Gasteiger partial charge < -0.3 is 35.4 Å². The summed E-state index contributed by atoms with van der Waals surface area (Å²) in [5.41, 5.74) is 5.34. The van der Waals surface area contributed by atoms with E-state index in [1.54, 1.807) is 6.08 Å². The molecule has 12 nitrogen and oxygen atoms in total. The Labute approximate surface area is 348 Å². The van der Waals surface area contributed by atoms with Crippen molar-refractivity contribution in [1.82, 2.24) is 0 Å². The van der Waals surface area contributed by atoms with Crippen molar-refractivity contribution < 1.29 is 52.9 Å². The number of phosphoric ester groups is 1. The maximum absolute atomic E-state index is 12.7. The van der Waals surface area contributed by atoms with Gasteiger partial charge in [0.2, 0.25) is 0 Å². The minimum absolute atomic E-state index is 0.00691. The smallest absolute Gasteiger partial charge is 0.462 e. The standard InChI is InChI=1S/C45H76NO11P/c1-3-5-7-8-9-10-11-12-13-14-15-16-17-18-19-20-25-29-44(50)54-36-39(37-56-58(52,53)55-34-33-46)57-45(51)30-26-22-21-24-28-40-41(43(49)35-42(40)48)32-31-38(47)27-23-6-4-2/h5,7,9-10,12-13,15-16,21,24,31-32,38-43,47-49H,3-4,6,8,11,14,17-20,22-23,25-30,33-37,46H2,1-2H3,(H,52,53)/b7-5-,10-9-,13-12-,16-15-,24-21+,32-31+/t38-,39+,40+,41+,42-,43+/m0/s1. The number of allylic oxidation sites excluding steroid dienone is 10. The summed E-state index contributed by atoms with van der Waals surface area (Å²) in [5.74, 6) is -1.49. The molecule has 1 unspecified atom stereocenters. The normalized spacial score (nSPS) is 21.0. The highest BCUT2D eigenvalue weighted by Crippen LogP contribution is 2.43. The van der Waals surface area contributed by atoms with Crippen LogP contribution in [0.3, 0.4) is 0 Å². The monoisotopic (exact) mass is 838 g/mol. The number of hydrogen-bond donors (Lipinski definition) is 5. The van der Waals surface area contributed by atoms with Gasteiger partial charge in [0.05, 0.1) is 31.5 Å². The molecule has 0 radical (unpaired) electrons. The molecule has 1 rings (SSSR count). The molecule has 0 bridgehead atoms. The molecule has 7 atom stereocenters. The Morgan fingerprint density at radius 1 is 0.759 bits per heavy atom. The van der Waals surface area contributed by atoms with Crippen molar-refractivity contribution >= 4 is 19.8 Å². The first-order valence-corrected chi connectivity index (χ1v) is 23.2. The van der Waals surface area contributed by atoms with Gasteiger partial charge in [0, 0.05) is 31.7 Å². The van der Waals surface area contributed by atoms with E-state index in [1.807, 2.05) is 18.2 Å². The number of ether oxygens (including phenoxy) is 2. The fourth-order valence-corrected chi connectivity index (χ4v) is 7.15. The summed E-state index contributed by atoms with van der Waals surface area (Å²) in [6, 6.07) is 0. The molecule has 0 spiro atoms. The van der Waals surface area contributed by atoms with Crippen LogP contribution < -0.4 is 5.73 Å². The quantitative estimate of drug-likeness (QED) is 0.0177. The molecule has 0 aromatic rings. The van der Waals surface area contributed by atoms with Gasteiger partial charge in [-0.1, -0.05) is 119 Å². The van der Waals surface area contributed by atoms with Crippen molar-refractivity contribution in [3.63, 3.8) is 0 Å². The molecular weight excluding hydrogens is 761 g/mol. The molecule has 0 aliphatic heterocycles. The van der Waals surface area contributed by atoms with Crippen LogP contribution in [0.25, 0.3) is 0 Å². The number of esters is 2. The molecule has 1 aliphatic rings. The van der Waals surface area contributed by atoms with Crippen LogP contribution in [0.5, 0.6) is 0 Å². The predicted octanol–water partition coefficient (Wildman–Crippen LogP) is 8.65. The van der Waals surface area contributed by atoms with Crippen molar-refractivity contribution in [2.24, 2.45) is 17.6 Å². The van der Waals surface area contributed by atoms with Gasteiger partial charge in [0.1, 0.15) is 6.61 Å². The Hall–Kier alpha value is -2.67. The maximum atomic E-state index is 12.7. The van der Waals surface area contributed by atoms with Crippen molar-refractivity contribution in [1.29, 1.82) is 0 Å². The second kappa shape index (κ2) is 35.1. The average Bonchev–Trinajstić information content (AvgIpc) is 3.47. The molecule has 332 valence electrons. The summed E-state index contributed by atoms with van der Waals surface area (Å²) >= 11 is 0. The van der Waals surface area contributed by atoms with Crippen LogP contribution >= 0.6 is 7.82 Å². The molecule has 0 amide bonds. The predicted molar refractivity (Wildman–Crippen MR) is 231 cm³/mol. The van der Waals surface area contributed by atoms with E-state index in [9.17, 15) is 34.4 Å². The molecule has 13 heteroatoms. The molecular formula is C45H76NO11P. The summed E-state index contributed by atoms with van der Waals surface area (Å²) in [6.07, 6.45) is 36.0. The van der Waals surface area contributed by atoms with Crippen LogP contribution in [0.2, 0.25) is 0 Å². The Bertz CT molecular complexity index is 1300. The highest BCUT2D eigenvalue weighted by atomic mass is 31.2. The lowest BCUT2D eigenvalue weighted by atomic mass is 9.89. The fourth-order valence-electron chi connectivity index (χ4n) is 6.38. The Balaban J connectivity index is 2.44. The summed E-state index contributed by atoms with van der Waals surface area (Å²) in [7, 11) is -4.46. The number of rotatable bonds is 35. The Kier molecular flexibility index (Phi) is 32.3. The van der Waals surface area contributed by atoms with Gasteiger partial charge in [0.25, 0.3) is 0 Å². The first kappa shape index (κ1) is 53.3. The molecule has 6 N–H and O–H groups in total. The summed E-state index contributed by atoms with van der Waals surface area (Å²) in [6.45, 7) is 3.18. The minimum atomic E-state index is -4.46. The summed E-state index contributed by atoms with van der Waals surface area (Å²) in [5, 5.41) is 31.3. The van der Waals surface area contributed by atoms with Gasteiger partial charge in [0.15, 0.2) is 6.10 Å². The number of carbonyl (C=O) groups excluding carboxylic acids is 2. The van der Waals surface area contributed by atoms with Gasteiger partial charge in [-0.25, -0.2) is 4.57 Å². The number of aliphatic hydroxyl groups is 3. The first-order chi connectivity index (χ1) is 28.0. The lowest BCUT2D eigenvalue weighted by molar-refractivity contribution is -0.161. The van der Waals surface area contributed by atoms with Crippen molar-refractivity contribution in [2.75, 3.05) is 26.4 Å². The number of unbranched alkanes of at least 4 members (excludes halogenated alkanes) is 7. The highest BCUT2D eigenvalue weighted by Gasteiger charge is 2.39. The van der Waals surface area contributed by atoms with Gasteiger partial charge >= 0.3 is 19.8 Å². The first-order valence-electron chi connectivity index (χ1n) is 21.7. The third-order valence-electron chi connectivity index (χ3n) is 9.65. The van der Waals surface area contributed by atoms with Gasteiger partial charge in [-0.15, -0.1) is 0 Å². The van der Waals surface area contributed by atoms with Crippen molar-refractivity contribution in [2.45, 2.75) is 160 Å². The second-order valence-corrected chi connectivity index (χ2v) is 16.2. The third kappa shape index (κ3) is 28.7. The molecule has 1 saturated carbocycles. The summed E-state index contributed by atoms with van der Waals surface area (Å²) < 4.78 is 32.7. The van der Waals surface area contributed by atoms with E-state index in [4.69, 9.17) is 24.3 Å². The number of hydrogen-bond acceptors (Lipinski definition) is 11. The molecule has 1 aliphatic carbocycles. The van der Waals surface area contributed by atoms with Crippen LogP contribution in [0.15, 0.2) is 72.9 Å². The summed E-state index contributed by atoms with van der Waals surface area (Å²) in [4.78, 5) is 35.1. The third-order valence-corrected chi connectivity index (χ3v) is 10.6. The van der Waals surface area contributed by atoms with Crippen LogP contribution in [0, 0.1) is 11.8 Å². The van der Waals surface area contributed by atoms with E-state index < -0.39 is 50.8 Å². The van der Waals surface area contributed by atoms with E-state index in [-0.39, 0.29) is 50.9 Å². The second-order valence-electron chi connectivity index (χ2n) is 14.8. The molecule has 1 fully saturated rings. The van der Waals surface area contributed by atoms with E-state index in [1.165, 1.54) is 0 Å². The largest absolute Gasteiger partial charge is 0.472 e. The number of aliphatic hydroxyl groups excluding tert-OH is 3. The fraction of sp³-hybridized carbons (Fsp3) is 0.689. The van der Waals surface area contributed by atoms with Gasteiger partial charge in [-0.2, -0.15) is 0 Å². The van der Waals surface area contributed by atoms with Crippen LogP contribution in [-0.2, 0) is 32.7 Å².